The van der Waals surface area contributed by atoms with E-state index in [2.05, 4.69) is 4.98 Å². The van der Waals surface area contributed by atoms with Crippen LogP contribution in [-0.4, -0.2) is 23.3 Å². The number of phenolic OH excluding ortho intramolecular Hbond substituents is 1. The summed E-state index contributed by atoms with van der Waals surface area (Å²) < 4.78 is 10.8. The van der Waals surface area contributed by atoms with Crippen molar-refractivity contribution in [2.45, 2.75) is 6.29 Å². The Morgan fingerprint density at radius 1 is 1.00 bits per heavy atom. The summed E-state index contributed by atoms with van der Waals surface area (Å²) in [6, 6.07) is 10.8. The molecule has 1 saturated heterocycles. The number of aromatic hydroxyl groups is 1. The van der Waals surface area contributed by atoms with Gasteiger partial charge in [-0.3, -0.25) is 4.98 Å². The summed E-state index contributed by atoms with van der Waals surface area (Å²) in [5, 5.41) is 9.24. The number of pyridine rings is 1. The van der Waals surface area contributed by atoms with Gasteiger partial charge in [0.25, 0.3) is 0 Å². The highest BCUT2D eigenvalue weighted by molar-refractivity contribution is 5.59. The van der Waals surface area contributed by atoms with Gasteiger partial charge in [-0.1, -0.05) is 6.07 Å². The molecule has 0 atom stereocenters. The van der Waals surface area contributed by atoms with Gasteiger partial charge in [0, 0.05) is 17.3 Å². The fourth-order valence-corrected chi connectivity index (χ4v) is 1.90. The van der Waals surface area contributed by atoms with Crippen molar-refractivity contribution < 1.29 is 14.6 Å². The number of ether oxygens (including phenoxy) is 2. The van der Waals surface area contributed by atoms with E-state index < -0.39 is 0 Å². The Bertz CT molecular complexity index is 516. The first-order valence-electron chi connectivity index (χ1n) is 5.81. The molecule has 92 valence electrons. The summed E-state index contributed by atoms with van der Waals surface area (Å²) in [5.74, 6) is 0.253. The molecular formula is C14H13NO3. The van der Waals surface area contributed by atoms with Crippen LogP contribution in [0.15, 0.2) is 42.6 Å². The molecule has 0 spiro atoms. The van der Waals surface area contributed by atoms with Crippen LogP contribution in [0, 0.1) is 0 Å². The molecule has 0 aliphatic carbocycles. The molecule has 1 fully saturated rings. The van der Waals surface area contributed by atoms with E-state index in [0.29, 0.717) is 13.2 Å². The van der Waals surface area contributed by atoms with Gasteiger partial charge in [0.1, 0.15) is 5.75 Å². The number of hydrogen-bond donors (Lipinski definition) is 1. The summed E-state index contributed by atoms with van der Waals surface area (Å²) in [5.41, 5.74) is 2.75. The largest absolute Gasteiger partial charge is 0.508 e. The number of nitrogens with zero attached hydrogens (tertiary/aromatic N) is 1. The lowest BCUT2D eigenvalue weighted by Gasteiger charge is -2.09. The summed E-state index contributed by atoms with van der Waals surface area (Å²) in [6.45, 7) is 1.26. The minimum absolute atomic E-state index is 0.253. The quantitative estimate of drug-likeness (QED) is 0.880. The summed E-state index contributed by atoms with van der Waals surface area (Å²) in [7, 11) is 0. The molecule has 1 aromatic carbocycles. The molecule has 0 bridgehead atoms. The third-order valence-electron chi connectivity index (χ3n) is 2.84. The third-order valence-corrected chi connectivity index (χ3v) is 2.84. The predicted molar refractivity (Wildman–Crippen MR) is 66.0 cm³/mol. The number of hydrogen-bond acceptors (Lipinski definition) is 4. The van der Waals surface area contributed by atoms with Crippen LogP contribution in [0.2, 0.25) is 0 Å². The first kappa shape index (κ1) is 11.2. The molecule has 0 radical (unpaired) electrons. The van der Waals surface area contributed by atoms with Crippen molar-refractivity contribution in [3.05, 3.63) is 48.2 Å². The third kappa shape index (κ3) is 2.20. The number of benzene rings is 1. The first-order valence-corrected chi connectivity index (χ1v) is 5.81. The van der Waals surface area contributed by atoms with Crippen molar-refractivity contribution in [2.75, 3.05) is 13.2 Å². The SMILES string of the molecule is Oc1ccc(-c2ccc(C3OCCO3)cn2)cc1. The summed E-state index contributed by atoms with van der Waals surface area (Å²) >= 11 is 0. The lowest BCUT2D eigenvalue weighted by atomic mass is 10.1. The van der Waals surface area contributed by atoms with Gasteiger partial charge in [-0.25, -0.2) is 0 Å². The first-order chi connectivity index (χ1) is 8.83. The molecule has 18 heavy (non-hydrogen) atoms. The van der Waals surface area contributed by atoms with E-state index in [9.17, 15) is 5.11 Å². The van der Waals surface area contributed by atoms with Crippen molar-refractivity contribution >= 4 is 0 Å². The summed E-state index contributed by atoms with van der Waals surface area (Å²) in [6.07, 6.45) is 1.48. The van der Waals surface area contributed by atoms with Crippen molar-refractivity contribution in [1.82, 2.24) is 4.98 Å². The molecule has 0 saturated carbocycles. The zero-order valence-corrected chi connectivity index (χ0v) is 9.74. The smallest absolute Gasteiger partial charge is 0.185 e. The second-order valence-electron chi connectivity index (χ2n) is 4.10. The fourth-order valence-electron chi connectivity index (χ4n) is 1.90. The van der Waals surface area contributed by atoms with E-state index in [0.717, 1.165) is 16.8 Å². The van der Waals surface area contributed by atoms with Gasteiger partial charge in [-0.15, -0.1) is 0 Å². The Hall–Kier alpha value is -1.91. The Labute approximate surface area is 105 Å². The molecule has 2 heterocycles. The standard InChI is InChI=1S/C14H13NO3/c16-12-4-1-10(2-5-12)13-6-3-11(9-15-13)14-17-7-8-18-14/h1-6,9,14,16H,7-8H2. The average Bonchev–Trinajstić information content (AvgIpc) is 2.94. The van der Waals surface area contributed by atoms with Crippen LogP contribution in [0.5, 0.6) is 5.75 Å². The van der Waals surface area contributed by atoms with Crippen LogP contribution >= 0.6 is 0 Å². The van der Waals surface area contributed by atoms with E-state index in [1.54, 1.807) is 18.3 Å². The van der Waals surface area contributed by atoms with Gasteiger partial charge >= 0.3 is 0 Å². The second-order valence-corrected chi connectivity index (χ2v) is 4.10. The molecular weight excluding hydrogens is 230 g/mol. The van der Waals surface area contributed by atoms with E-state index >= 15 is 0 Å². The second kappa shape index (κ2) is 4.76. The highest BCUT2D eigenvalue weighted by atomic mass is 16.7. The van der Waals surface area contributed by atoms with Crippen molar-refractivity contribution in [1.29, 1.82) is 0 Å². The number of phenols is 1. The minimum Gasteiger partial charge on any atom is -0.508 e. The molecule has 4 nitrogen and oxygen atoms in total. The molecule has 1 aliphatic heterocycles. The highest BCUT2D eigenvalue weighted by Crippen LogP contribution is 2.25. The van der Waals surface area contributed by atoms with Gasteiger partial charge in [0.15, 0.2) is 6.29 Å². The molecule has 0 amide bonds. The molecule has 1 aliphatic rings. The van der Waals surface area contributed by atoms with E-state index in [4.69, 9.17) is 9.47 Å². The molecule has 4 heteroatoms. The van der Waals surface area contributed by atoms with Crippen molar-refractivity contribution in [2.24, 2.45) is 0 Å². The topological polar surface area (TPSA) is 51.6 Å². The molecule has 1 N–H and O–H groups in total. The number of aromatic nitrogens is 1. The lowest BCUT2D eigenvalue weighted by Crippen LogP contribution is -1.98. The maximum atomic E-state index is 9.24. The normalized spacial score (nSPS) is 16.0. The van der Waals surface area contributed by atoms with Crippen LogP contribution < -0.4 is 0 Å². The lowest BCUT2D eigenvalue weighted by molar-refractivity contribution is -0.0443. The highest BCUT2D eigenvalue weighted by Gasteiger charge is 2.18. The minimum atomic E-state index is -0.286. The van der Waals surface area contributed by atoms with E-state index in [1.165, 1.54) is 0 Å². The van der Waals surface area contributed by atoms with Crippen molar-refractivity contribution in [3.63, 3.8) is 0 Å². The van der Waals surface area contributed by atoms with Gasteiger partial charge in [-0.2, -0.15) is 0 Å². The van der Waals surface area contributed by atoms with Gasteiger partial charge < -0.3 is 14.6 Å². The maximum Gasteiger partial charge on any atom is 0.185 e. The molecule has 0 unspecified atom stereocenters. The van der Waals surface area contributed by atoms with E-state index in [-0.39, 0.29) is 12.0 Å². The zero-order chi connectivity index (χ0) is 12.4. The van der Waals surface area contributed by atoms with Gasteiger partial charge in [-0.05, 0) is 30.3 Å². The van der Waals surface area contributed by atoms with Crippen LogP contribution in [-0.2, 0) is 9.47 Å². The number of rotatable bonds is 2. The molecule has 2 aromatic rings. The van der Waals surface area contributed by atoms with Crippen LogP contribution in [0.25, 0.3) is 11.3 Å². The Kier molecular flexibility index (Phi) is 2.96. The van der Waals surface area contributed by atoms with Crippen LogP contribution in [0.3, 0.4) is 0 Å². The van der Waals surface area contributed by atoms with Crippen LogP contribution in [0.1, 0.15) is 11.9 Å². The van der Waals surface area contributed by atoms with Gasteiger partial charge in [0.2, 0.25) is 0 Å². The molecule has 3 rings (SSSR count). The Balaban J connectivity index is 1.84. The molecule has 1 aromatic heterocycles. The van der Waals surface area contributed by atoms with Crippen molar-refractivity contribution in [3.8, 4) is 17.0 Å². The van der Waals surface area contributed by atoms with Crippen LogP contribution in [0.4, 0.5) is 0 Å². The monoisotopic (exact) mass is 243 g/mol. The van der Waals surface area contributed by atoms with E-state index in [1.807, 2.05) is 24.3 Å². The fraction of sp³-hybridized carbons (Fsp3) is 0.214. The Morgan fingerprint density at radius 2 is 1.72 bits per heavy atom. The maximum absolute atomic E-state index is 9.24. The van der Waals surface area contributed by atoms with Gasteiger partial charge in [0.05, 0.1) is 18.9 Å². The predicted octanol–water partition coefficient (Wildman–Crippen LogP) is 2.50. The summed E-state index contributed by atoms with van der Waals surface area (Å²) in [4.78, 5) is 4.38. The zero-order valence-electron chi connectivity index (χ0n) is 9.74. The average molecular weight is 243 g/mol. The Morgan fingerprint density at radius 3 is 2.33 bits per heavy atom.